The molecule has 7 heteroatoms. The summed E-state index contributed by atoms with van der Waals surface area (Å²) in [4.78, 5) is 15.1. The van der Waals surface area contributed by atoms with E-state index in [9.17, 15) is 13.2 Å². The maximum Gasteiger partial charge on any atom is 0.255 e. The van der Waals surface area contributed by atoms with E-state index in [0.717, 1.165) is 54.9 Å². The highest BCUT2D eigenvalue weighted by Gasteiger charge is 2.25. The molecule has 6 nitrogen and oxygen atoms in total. The summed E-state index contributed by atoms with van der Waals surface area (Å²) in [5, 5.41) is 3.11. The molecule has 0 unspecified atom stereocenters. The van der Waals surface area contributed by atoms with Crippen molar-refractivity contribution in [1.82, 2.24) is 9.21 Å². The van der Waals surface area contributed by atoms with E-state index in [1.54, 1.807) is 11.2 Å². The van der Waals surface area contributed by atoms with Crippen molar-refractivity contribution in [1.29, 1.82) is 0 Å². The average Bonchev–Trinajstić information content (AvgIpc) is 2.80. The molecule has 1 saturated heterocycles. The Labute approximate surface area is 186 Å². The van der Waals surface area contributed by atoms with E-state index in [4.69, 9.17) is 0 Å². The molecule has 1 amide bonds. The number of carbonyl (C=O) groups is 1. The van der Waals surface area contributed by atoms with Gasteiger partial charge in [-0.1, -0.05) is 44.2 Å². The van der Waals surface area contributed by atoms with E-state index in [0.29, 0.717) is 18.7 Å². The van der Waals surface area contributed by atoms with Crippen LogP contribution < -0.4 is 5.32 Å². The number of carbonyl (C=O) groups excluding carboxylic acids is 1. The predicted octanol–water partition coefficient (Wildman–Crippen LogP) is 3.53. The molecule has 0 radical (unpaired) electrons. The molecule has 168 valence electrons. The standard InChI is InChI=1S/C24H33N3O3S/c1-4-20-8-7-9-21(5-2)23(20)25-24(28)22-12-10-19(11-13-22)18-26-14-16-27(17-15-26)31(29,30)6-3/h7-13H,4-6,14-18H2,1-3H3,(H,25,28). The third-order valence-electron chi connectivity index (χ3n) is 5.95. The maximum absolute atomic E-state index is 12.8. The molecular formula is C24H33N3O3S. The number of sulfonamides is 1. The van der Waals surface area contributed by atoms with Gasteiger partial charge in [0.1, 0.15) is 0 Å². The molecule has 0 aromatic heterocycles. The highest BCUT2D eigenvalue weighted by atomic mass is 32.2. The summed E-state index contributed by atoms with van der Waals surface area (Å²) in [7, 11) is -3.11. The Hall–Kier alpha value is -2.22. The third kappa shape index (κ3) is 5.73. The zero-order valence-corrected chi connectivity index (χ0v) is 19.5. The normalized spacial score (nSPS) is 15.7. The van der Waals surface area contributed by atoms with Crippen molar-refractivity contribution in [3.8, 4) is 0 Å². The summed E-state index contributed by atoms with van der Waals surface area (Å²) >= 11 is 0. The number of benzene rings is 2. The topological polar surface area (TPSA) is 69.7 Å². The summed E-state index contributed by atoms with van der Waals surface area (Å²) in [5.74, 6) is 0.0551. The molecule has 0 atom stereocenters. The number of nitrogens with one attached hydrogen (secondary N) is 1. The van der Waals surface area contributed by atoms with E-state index < -0.39 is 10.0 Å². The first-order chi connectivity index (χ1) is 14.9. The Morgan fingerprint density at radius 2 is 1.48 bits per heavy atom. The van der Waals surface area contributed by atoms with Gasteiger partial charge >= 0.3 is 0 Å². The fourth-order valence-corrected chi connectivity index (χ4v) is 5.04. The van der Waals surface area contributed by atoms with Crippen molar-refractivity contribution < 1.29 is 13.2 Å². The van der Waals surface area contributed by atoms with Crippen LogP contribution in [0, 0.1) is 0 Å². The molecule has 0 aliphatic carbocycles. The number of nitrogens with zero attached hydrogens (tertiary/aromatic N) is 2. The first kappa shape index (κ1) is 23.4. The van der Waals surface area contributed by atoms with Crippen LogP contribution in [0.1, 0.15) is 47.8 Å². The van der Waals surface area contributed by atoms with E-state index in [1.165, 1.54) is 0 Å². The molecular weight excluding hydrogens is 410 g/mol. The molecule has 0 bridgehead atoms. The summed E-state index contributed by atoms with van der Waals surface area (Å²) < 4.78 is 25.6. The van der Waals surface area contributed by atoms with E-state index in [-0.39, 0.29) is 11.7 Å². The molecule has 0 spiro atoms. The molecule has 2 aromatic carbocycles. The number of rotatable bonds is 8. The van der Waals surface area contributed by atoms with Crippen molar-refractivity contribution >= 4 is 21.6 Å². The molecule has 1 heterocycles. The van der Waals surface area contributed by atoms with Crippen LogP contribution in [0.15, 0.2) is 42.5 Å². The van der Waals surface area contributed by atoms with Crippen LogP contribution in [0.2, 0.25) is 0 Å². The smallest absolute Gasteiger partial charge is 0.255 e. The Morgan fingerprint density at radius 1 is 0.903 bits per heavy atom. The minimum atomic E-state index is -3.11. The van der Waals surface area contributed by atoms with E-state index >= 15 is 0 Å². The van der Waals surface area contributed by atoms with Crippen LogP contribution in [-0.2, 0) is 29.4 Å². The number of piperazine rings is 1. The number of amides is 1. The van der Waals surface area contributed by atoms with Crippen LogP contribution in [0.25, 0.3) is 0 Å². The highest BCUT2D eigenvalue weighted by Crippen LogP contribution is 2.23. The van der Waals surface area contributed by atoms with Gasteiger partial charge < -0.3 is 5.32 Å². The lowest BCUT2D eigenvalue weighted by Crippen LogP contribution is -2.48. The fraction of sp³-hybridized carbons (Fsp3) is 0.458. The average molecular weight is 444 g/mol. The summed E-state index contributed by atoms with van der Waals surface area (Å²) in [5.41, 5.74) is 4.98. The van der Waals surface area contributed by atoms with E-state index in [2.05, 4.69) is 36.2 Å². The first-order valence-electron chi connectivity index (χ1n) is 11.1. The van der Waals surface area contributed by atoms with Crippen LogP contribution >= 0.6 is 0 Å². The minimum absolute atomic E-state index is 0.0967. The maximum atomic E-state index is 12.8. The van der Waals surface area contributed by atoms with Gasteiger partial charge in [0.05, 0.1) is 5.75 Å². The number of para-hydroxylation sites is 1. The second-order valence-corrected chi connectivity index (χ2v) is 10.1. The van der Waals surface area contributed by atoms with Gasteiger partial charge in [0.25, 0.3) is 5.91 Å². The summed E-state index contributed by atoms with van der Waals surface area (Å²) in [6.07, 6.45) is 1.74. The second kappa shape index (κ2) is 10.4. The summed E-state index contributed by atoms with van der Waals surface area (Å²) in [6, 6.07) is 13.9. The second-order valence-electron chi connectivity index (χ2n) is 7.89. The minimum Gasteiger partial charge on any atom is -0.321 e. The van der Waals surface area contributed by atoms with Crippen LogP contribution in [-0.4, -0.2) is 55.5 Å². The molecule has 2 aromatic rings. The molecule has 31 heavy (non-hydrogen) atoms. The lowest BCUT2D eigenvalue weighted by molar-refractivity contribution is 0.102. The van der Waals surface area contributed by atoms with Crippen LogP contribution in [0.4, 0.5) is 5.69 Å². The molecule has 1 aliphatic heterocycles. The third-order valence-corrected chi connectivity index (χ3v) is 7.83. The molecule has 3 rings (SSSR count). The van der Waals surface area contributed by atoms with Gasteiger partial charge in [0.15, 0.2) is 0 Å². The number of anilines is 1. The van der Waals surface area contributed by atoms with Crippen LogP contribution in [0.5, 0.6) is 0 Å². The lowest BCUT2D eigenvalue weighted by atomic mass is 10.0. The quantitative estimate of drug-likeness (QED) is 0.678. The zero-order chi connectivity index (χ0) is 22.4. The predicted molar refractivity (Wildman–Crippen MR) is 126 cm³/mol. The number of aryl methyl sites for hydroxylation is 2. The van der Waals surface area contributed by atoms with Gasteiger partial charge in [-0.2, -0.15) is 4.31 Å². The van der Waals surface area contributed by atoms with Crippen LogP contribution in [0.3, 0.4) is 0 Å². The van der Waals surface area contributed by atoms with Crippen molar-refractivity contribution in [3.63, 3.8) is 0 Å². The van der Waals surface area contributed by atoms with Crippen molar-refractivity contribution in [2.75, 3.05) is 37.2 Å². The highest BCUT2D eigenvalue weighted by molar-refractivity contribution is 7.89. The molecule has 1 fully saturated rings. The van der Waals surface area contributed by atoms with Crippen molar-refractivity contribution in [2.45, 2.75) is 40.2 Å². The summed E-state index contributed by atoms with van der Waals surface area (Å²) in [6.45, 7) is 9.13. The molecule has 1 aliphatic rings. The van der Waals surface area contributed by atoms with Gasteiger partial charge in [-0.05, 0) is 48.6 Å². The van der Waals surface area contributed by atoms with E-state index in [1.807, 2.05) is 30.3 Å². The van der Waals surface area contributed by atoms with Crippen molar-refractivity contribution in [3.05, 3.63) is 64.7 Å². The number of hydrogen-bond donors (Lipinski definition) is 1. The van der Waals surface area contributed by atoms with Gasteiger partial charge in [0, 0.05) is 44.0 Å². The number of hydrogen-bond acceptors (Lipinski definition) is 4. The molecule has 1 N–H and O–H groups in total. The Bertz CT molecular complexity index is 973. The van der Waals surface area contributed by atoms with Gasteiger partial charge in [-0.3, -0.25) is 9.69 Å². The molecule has 0 saturated carbocycles. The fourth-order valence-electron chi connectivity index (χ4n) is 3.96. The van der Waals surface area contributed by atoms with Gasteiger partial charge in [0.2, 0.25) is 10.0 Å². The first-order valence-corrected chi connectivity index (χ1v) is 12.7. The van der Waals surface area contributed by atoms with Crippen molar-refractivity contribution in [2.24, 2.45) is 0 Å². The largest absolute Gasteiger partial charge is 0.321 e. The SMILES string of the molecule is CCc1cccc(CC)c1NC(=O)c1ccc(CN2CCN(S(=O)(=O)CC)CC2)cc1. The van der Waals surface area contributed by atoms with Gasteiger partial charge in [-0.15, -0.1) is 0 Å². The monoisotopic (exact) mass is 443 g/mol. The Balaban J connectivity index is 1.60. The zero-order valence-electron chi connectivity index (χ0n) is 18.7. The Kier molecular flexibility index (Phi) is 7.86. The van der Waals surface area contributed by atoms with Gasteiger partial charge in [-0.25, -0.2) is 8.42 Å². The Morgan fingerprint density at radius 3 is 2.00 bits per heavy atom. The lowest BCUT2D eigenvalue weighted by Gasteiger charge is -2.33.